The van der Waals surface area contributed by atoms with Crippen molar-refractivity contribution < 1.29 is 9.32 Å². The second-order valence-corrected chi connectivity index (χ2v) is 6.73. The number of benzene rings is 3. The van der Waals surface area contributed by atoms with Crippen molar-refractivity contribution in [1.29, 1.82) is 0 Å². The number of carbonyl (C=O) groups excluding carboxylic acids is 1. The summed E-state index contributed by atoms with van der Waals surface area (Å²) in [4.78, 5) is 21.4. The molecule has 3 aromatic carbocycles. The third-order valence-electron chi connectivity index (χ3n) is 4.76. The molecule has 0 radical (unpaired) electrons. The number of pyridine rings is 1. The van der Waals surface area contributed by atoms with Crippen LogP contribution in [0.4, 0.5) is 5.69 Å². The van der Waals surface area contributed by atoms with Crippen molar-refractivity contribution >= 4 is 22.4 Å². The molecule has 5 rings (SSSR count). The van der Waals surface area contributed by atoms with E-state index in [2.05, 4.69) is 20.4 Å². The van der Waals surface area contributed by atoms with E-state index >= 15 is 0 Å². The van der Waals surface area contributed by atoms with E-state index in [0.717, 1.165) is 16.3 Å². The topological polar surface area (TPSA) is 80.9 Å². The largest absolute Gasteiger partial charge is 0.334 e. The minimum Gasteiger partial charge on any atom is -0.334 e. The van der Waals surface area contributed by atoms with Crippen molar-refractivity contribution in [3.05, 3.63) is 96.8 Å². The number of para-hydroxylation sites is 1. The molecule has 0 unspecified atom stereocenters. The number of anilines is 1. The summed E-state index contributed by atoms with van der Waals surface area (Å²) in [5.41, 5.74) is 2.57. The average Bonchev–Trinajstić information content (AvgIpc) is 3.30. The number of nitrogens with one attached hydrogen (secondary N) is 1. The molecule has 1 N–H and O–H groups in total. The van der Waals surface area contributed by atoms with Crippen molar-refractivity contribution in [2.45, 2.75) is 0 Å². The van der Waals surface area contributed by atoms with Crippen molar-refractivity contribution in [3.63, 3.8) is 0 Å². The quantitative estimate of drug-likeness (QED) is 0.454. The molecule has 0 aliphatic heterocycles. The lowest BCUT2D eigenvalue weighted by Gasteiger charge is -2.09. The molecular weight excluding hydrogens is 376 g/mol. The highest BCUT2D eigenvalue weighted by molar-refractivity contribution is 6.07. The maximum Gasteiger partial charge on any atom is 0.260 e. The van der Waals surface area contributed by atoms with Crippen LogP contribution in [0.15, 0.2) is 95.8 Å². The molecule has 2 heterocycles. The van der Waals surface area contributed by atoms with Gasteiger partial charge in [-0.2, -0.15) is 4.98 Å². The first-order valence-electron chi connectivity index (χ1n) is 9.41. The minimum absolute atomic E-state index is 0.208. The van der Waals surface area contributed by atoms with E-state index in [1.54, 1.807) is 12.4 Å². The highest BCUT2D eigenvalue weighted by atomic mass is 16.5. The van der Waals surface area contributed by atoms with Crippen LogP contribution >= 0.6 is 0 Å². The number of rotatable bonds is 4. The van der Waals surface area contributed by atoms with Gasteiger partial charge in [-0.3, -0.25) is 9.78 Å². The third-order valence-corrected chi connectivity index (χ3v) is 4.76. The SMILES string of the molecule is O=C(Nc1ccccc1-c1nc(-c2cccnc2)no1)c1ccc2ccccc2c1. The molecule has 6 nitrogen and oxygen atoms in total. The summed E-state index contributed by atoms with van der Waals surface area (Å²) in [5, 5.41) is 9.09. The van der Waals surface area contributed by atoms with Crippen LogP contribution in [0.3, 0.4) is 0 Å². The highest BCUT2D eigenvalue weighted by Crippen LogP contribution is 2.29. The Bertz CT molecular complexity index is 1350. The molecule has 0 aliphatic carbocycles. The van der Waals surface area contributed by atoms with E-state index in [1.165, 1.54) is 0 Å². The van der Waals surface area contributed by atoms with E-state index in [-0.39, 0.29) is 5.91 Å². The van der Waals surface area contributed by atoms with Gasteiger partial charge in [-0.1, -0.05) is 47.6 Å². The van der Waals surface area contributed by atoms with Gasteiger partial charge < -0.3 is 9.84 Å². The number of fused-ring (bicyclic) bond motifs is 1. The lowest BCUT2D eigenvalue weighted by Crippen LogP contribution is -2.12. The maximum absolute atomic E-state index is 12.9. The molecule has 0 atom stereocenters. The smallest absolute Gasteiger partial charge is 0.260 e. The van der Waals surface area contributed by atoms with Crippen LogP contribution < -0.4 is 5.32 Å². The number of nitrogens with zero attached hydrogens (tertiary/aromatic N) is 3. The molecule has 2 aromatic heterocycles. The Kier molecular flexibility index (Phi) is 4.50. The van der Waals surface area contributed by atoms with Crippen molar-refractivity contribution in [3.8, 4) is 22.8 Å². The Morgan fingerprint density at radius 3 is 2.57 bits per heavy atom. The first-order chi connectivity index (χ1) is 14.8. The van der Waals surface area contributed by atoms with Gasteiger partial charge in [-0.05, 0) is 47.2 Å². The minimum atomic E-state index is -0.208. The normalized spacial score (nSPS) is 10.8. The fraction of sp³-hybridized carbons (Fsp3) is 0. The molecular formula is C24H16N4O2. The zero-order valence-corrected chi connectivity index (χ0v) is 15.8. The van der Waals surface area contributed by atoms with Crippen molar-refractivity contribution in [2.24, 2.45) is 0 Å². The van der Waals surface area contributed by atoms with Crippen LogP contribution in [0.5, 0.6) is 0 Å². The van der Waals surface area contributed by atoms with Crippen molar-refractivity contribution in [1.82, 2.24) is 15.1 Å². The first-order valence-corrected chi connectivity index (χ1v) is 9.41. The van der Waals surface area contributed by atoms with Gasteiger partial charge in [0.2, 0.25) is 5.82 Å². The van der Waals surface area contributed by atoms with E-state index in [9.17, 15) is 4.79 Å². The first kappa shape index (κ1) is 17.8. The second kappa shape index (κ2) is 7.60. The van der Waals surface area contributed by atoms with Gasteiger partial charge in [-0.25, -0.2) is 0 Å². The number of hydrogen-bond acceptors (Lipinski definition) is 5. The fourth-order valence-corrected chi connectivity index (χ4v) is 3.25. The van der Waals surface area contributed by atoms with E-state index < -0.39 is 0 Å². The molecule has 5 aromatic rings. The lowest BCUT2D eigenvalue weighted by molar-refractivity contribution is 0.102. The van der Waals surface area contributed by atoms with Crippen LogP contribution in [0.1, 0.15) is 10.4 Å². The number of amides is 1. The van der Waals surface area contributed by atoms with Gasteiger partial charge in [0.05, 0.1) is 11.3 Å². The van der Waals surface area contributed by atoms with E-state index in [4.69, 9.17) is 4.52 Å². The van der Waals surface area contributed by atoms with Gasteiger partial charge in [-0.15, -0.1) is 0 Å². The Balaban J connectivity index is 1.45. The van der Waals surface area contributed by atoms with Crippen LogP contribution in [-0.2, 0) is 0 Å². The standard InChI is InChI=1S/C24H16N4O2/c29-23(18-12-11-16-6-1-2-7-17(16)14-18)26-21-10-4-3-9-20(21)24-27-22(28-30-24)19-8-5-13-25-15-19/h1-15H,(H,26,29). The summed E-state index contributed by atoms with van der Waals surface area (Å²) < 4.78 is 5.45. The number of aromatic nitrogens is 3. The summed E-state index contributed by atoms with van der Waals surface area (Å²) in [6.07, 6.45) is 3.35. The summed E-state index contributed by atoms with van der Waals surface area (Å²) in [5.74, 6) is 0.553. The second-order valence-electron chi connectivity index (χ2n) is 6.73. The molecule has 0 fully saturated rings. The molecule has 30 heavy (non-hydrogen) atoms. The molecule has 144 valence electrons. The van der Waals surface area contributed by atoms with Crippen LogP contribution in [-0.4, -0.2) is 21.0 Å². The summed E-state index contributed by atoms with van der Waals surface area (Å²) in [7, 11) is 0. The van der Waals surface area contributed by atoms with Crippen LogP contribution in [0, 0.1) is 0 Å². The van der Waals surface area contributed by atoms with Gasteiger partial charge in [0.1, 0.15) is 0 Å². The zero-order valence-electron chi connectivity index (χ0n) is 15.8. The van der Waals surface area contributed by atoms with E-state index in [1.807, 2.05) is 78.9 Å². The van der Waals surface area contributed by atoms with Crippen LogP contribution in [0.2, 0.25) is 0 Å². The van der Waals surface area contributed by atoms with Crippen molar-refractivity contribution in [2.75, 3.05) is 5.32 Å². The van der Waals surface area contributed by atoms with Gasteiger partial charge in [0, 0.05) is 23.5 Å². The van der Waals surface area contributed by atoms with Crippen LogP contribution in [0.25, 0.3) is 33.6 Å². The number of carbonyl (C=O) groups is 1. The Hall–Kier alpha value is -4.32. The summed E-state index contributed by atoms with van der Waals surface area (Å²) in [6.45, 7) is 0. The Labute approximate surface area is 172 Å². The summed E-state index contributed by atoms with van der Waals surface area (Å²) >= 11 is 0. The highest BCUT2D eigenvalue weighted by Gasteiger charge is 2.16. The molecule has 1 amide bonds. The predicted molar refractivity (Wildman–Crippen MR) is 115 cm³/mol. The molecule has 0 spiro atoms. The molecule has 0 bridgehead atoms. The third kappa shape index (κ3) is 3.42. The Morgan fingerprint density at radius 1 is 0.867 bits per heavy atom. The van der Waals surface area contributed by atoms with E-state index in [0.29, 0.717) is 28.5 Å². The molecule has 0 saturated heterocycles. The molecule has 0 aliphatic rings. The molecule has 6 heteroatoms. The fourth-order valence-electron chi connectivity index (χ4n) is 3.25. The lowest BCUT2D eigenvalue weighted by atomic mass is 10.1. The number of hydrogen-bond donors (Lipinski definition) is 1. The molecule has 0 saturated carbocycles. The monoisotopic (exact) mass is 392 g/mol. The maximum atomic E-state index is 12.9. The summed E-state index contributed by atoms with van der Waals surface area (Å²) in [6, 6.07) is 24.6. The van der Waals surface area contributed by atoms with Gasteiger partial charge in [0.15, 0.2) is 0 Å². The van der Waals surface area contributed by atoms with Gasteiger partial charge >= 0.3 is 0 Å². The Morgan fingerprint density at radius 2 is 1.70 bits per heavy atom. The van der Waals surface area contributed by atoms with Gasteiger partial charge in [0.25, 0.3) is 11.8 Å². The average molecular weight is 392 g/mol. The zero-order chi connectivity index (χ0) is 20.3. The predicted octanol–water partition coefficient (Wildman–Crippen LogP) is 5.20.